The summed E-state index contributed by atoms with van der Waals surface area (Å²) in [4.78, 5) is 2.39. The van der Waals surface area contributed by atoms with Crippen molar-refractivity contribution in [2.45, 2.75) is 25.8 Å². The van der Waals surface area contributed by atoms with Crippen molar-refractivity contribution in [3.63, 3.8) is 0 Å². The maximum Gasteiger partial charge on any atom is 0.119 e. The van der Waals surface area contributed by atoms with Gasteiger partial charge >= 0.3 is 0 Å². The molecular formula is C15H24N2O. The minimum Gasteiger partial charge on any atom is -0.492 e. The zero-order chi connectivity index (χ0) is 12.8. The molecule has 1 aromatic rings. The number of likely N-dealkylation sites (tertiary alicyclic amines) is 1. The summed E-state index contributed by atoms with van der Waals surface area (Å²) in [5.74, 6) is 0.964. The van der Waals surface area contributed by atoms with Gasteiger partial charge in [0.05, 0.1) is 0 Å². The Kier molecular flexibility index (Phi) is 5.02. The molecule has 0 atom stereocenters. The van der Waals surface area contributed by atoms with Crippen molar-refractivity contribution in [2.24, 2.45) is 0 Å². The summed E-state index contributed by atoms with van der Waals surface area (Å²) >= 11 is 0. The predicted molar refractivity (Wildman–Crippen MR) is 75.2 cm³/mol. The average Bonchev–Trinajstić information content (AvgIpc) is 2.39. The van der Waals surface area contributed by atoms with Gasteiger partial charge in [-0.2, -0.15) is 0 Å². The van der Waals surface area contributed by atoms with E-state index in [9.17, 15) is 0 Å². The Balaban J connectivity index is 1.60. The molecule has 1 N–H and O–H groups in total. The second kappa shape index (κ2) is 6.76. The van der Waals surface area contributed by atoms with Crippen LogP contribution < -0.4 is 10.1 Å². The van der Waals surface area contributed by atoms with Crippen molar-refractivity contribution in [3.8, 4) is 5.75 Å². The first kappa shape index (κ1) is 13.4. The van der Waals surface area contributed by atoms with E-state index in [-0.39, 0.29) is 0 Å². The number of aryl methyl sites for hydroxylation is 1. The Morgan fingerprint density at radius 3 is 2.56 bits per heavy atom. The maximum absolute atomic E-state index is 5.70. The standard InChI is InChI=1S/C15H24N2O/c1-13-3-5-15(6-4-13)18-12-9-16-14-7-10-17(2)11-8-14/h3-6,14,16H,7-12H2,1-2H3. The quantitative estimate of drug-likeness (QED) is 0.807. The SMILES string of the molecule is Cc1ccc(OCCNC2CCN(C)CC2)cc1. The number of rotatable bonds is 5. The molecule has 1 saturated heterocycles. The van der Waals surface area contributed by atoms with E-state index in [1.165, 1.54) is 31.5 Å². The van der Waals surface area contributed by atoms with Gasteiger partial charge in [0.15, 0.2) is 0 Å². The molecule has 0 unspecified atom stereocenters. The monoisotopic (exact) mass is 248 g/mol. The fraction of sp³-hybridized carbons (Fsp3) is 0.600. The summed E-state index contributed by atoms with van der Waals surface area (Å²) in [6.07, 6.45) is 2.50. The van der Waals surface area contributed by atoms with Crippen molar-refractivity contribution in [3.05, 3.63) is 29.8 Å². The summed E-state index contributed by atoms with van der Waals surface area (Å²) in [6, 6.07) is 8.90. The summed E-state index contributed by atoms with van der Waals surface area (Å²) in [6.45, 7) is 6.18. The van der Waals surface area contributed by atoms with Gasteiger partial charge in [0.2, 0.25) is 0 Å². The zero-order valence-corrected chi connectivity index (χ0v) is 11.5. The maximum atomic E-state index is 5.70. The summed E-state index contributed by atoms with van der Waals surface area (Å²) < 4.78 is 5.70. The highest BCUT2D eigenvalue weighted by atomic mass is 16.5. The van der Waals surface area contributed by atoms with Crippen molar-refractivity contribution >= 4 is 0 Å². The molecule has 1 fully saturated rings. The highest BCUT2D eigenvalue weighted by molar-refractivity contribution is 5.26. The summed E-state index contributed by atoms with van der Waals surface area (Å²) in [5.41, 5.74) is 1.27. The number of hydrogen-bond acceptors (Lipinski definition) is 3. The van der Waals surface area contributed by atoms with Crippen molar-refractivity contribution < 1.29 is 4.74 Å². The van der Waals surface area contributed by atoms with Gasteiger partial charge in [-0.05, 0) is 52.0 Å². The van der Waals surface area contributed by atoms with Gasteiger partial charge < -0.3 is 15.0 Å². The van der Waals surface area contributed by atoms with Crippen LogP contribution in [0, 0.1) is 6.92 Å². The molecule has 0 bridgehead atoms. The molecule has 1 heterocycles. The molecule has 18 heavy (non-hydrogen) atoms. The number of nitrogens with zero attached hydrogens (tertiary/aromatic N) is 1. The topological polar surface area (TPSA) is 24.5 Å². The molecule has 100 valence electrons. The lowest BCUT2D eigenvalue weighted by molar-refractivity contribution is 0.224. The van der Waals surface area contributed by atoms with E-state index in [1.807, 2.05) is 12.1 Å². The van der Waals surface area contributed by atoms with E-state index in [2.05, 4.69) is 36.3 Å². The lowest BCUT2D eigenvalue weighted by atomic mass is 10.1. The number of ether oxygens (including phenoxy) is 1. The largest absolute Gasteiger partial charge is 0.492 e. The van der Waals surface area contributed by atoms with Crippen LogP contribution in [0.2, 0.25) is 0 Å². The van der Waals surface area contributed by atoms with Gasteiger partial charge in [-0.3, -0.25) is 0 Å². The normalized spacial score (nSPS) is 17.9. The highest BCUT2D eigenvalue weighted by Gasteiger charge is 2.15. The molecule has 3 nitrogen and oxygen atoms in total. The average molecular weight is 248 g/mol. The third kappa shape index (κ3) is 4.31. The fourth-order valence-electron chi connectivity index (χ4n) is 2.28. The van der Waals surface area contributed by atoms with E-state index in [0.29, 0.717) is 6.04 Å². The van der Waals surface area contributed by atoms with E-state index in [1.54, 1.807) is 0 Å². The third-order valence-electron chi connectivity index (χ3n) is 3.54. The molecule has 1 aliphatic rings. The third-order valence-corrected chi connectivity index (χ3v) is 3.54. The van der Waals surface area contributed by atoms with Crippen LogP contribution in [0.25, 0.3) is 0 Å². The van der Waals surface area contributed by atoms with Crippen LogP contribution in [-0.4, -0.2) is 44.2 Å². The Labute approximate surface area is 110 Å². The molecule has 0 aromatic heterocycles. The molecule has 0 amide bonds. The lowest BCUT2D eigenvalue weighted by Gasteiger charge is -2.29. The number of nitrogens with one attached hydrogen (secondary N) is 1. The van der Waals surface area contributed by atoms with Gasteiger partial charge in [0.1, 0.15) is 12.4 Å². The minimum absolute atomic E-state index is 0.669. The van der Waals surface area contributed by atoms with Gasteiger partial charge in [0, 0.05) is 12.6 Å². The molecule has 0 saturated carbocycles. The van der Waals surface area contributed by atoms with Gasteiger partial charge in [-0.15, -0.1) is 0 Å². The van der Waals surface area contributed by atoms with Crippen LogP contribution in [0.1, 0.15) is 18.4 Å². The smallest absolute Gasteiger partial charge is 0.119 e. The molecule has 2 rings (SSSR count). The Bertz CT molecular complexity index is 342. The molecular weight excluding hydrogens is 224 g/mol. The van der Waals surface area contributed by atoms with Crippen LogP contribution >= 0.6 is 0 Å². The minimum atomic E-state index is 0.669. The fourth-order valence-corrected chi connectivity index (χ4v) is 2.28. The van der Waals surface area contributed by atoms with Crippen molar-refractivity contribution in [2.75, 3.05) is 33.3 Å². The molecule has 0 radical (unpaired) electrons. The number of hydrogen-bond donors (Lipinski definition) is 1. The summed E-state index contributed by atoms with van der Waals surface area (Å²) in [7, 11) is 2.19. The molecule has 0 aliphatic carbocycles. The van der Waals surface area contributed by atoms with Gasteiger partial charge in [-0.1, -0.05) is 17.7 Å². The Morgan fingerprint density at radius 2 is 1.89 bits per heavy atom. The predicted octanol–water partition coefficient (Wildman–Crippen LogP) is 2.06. The van der Waals surface area contributed by atoms with E-state index >= 15 is 0 Å². The molecule has 1 aliphatic heterocycles. The second-order valence-corrected chi connectivity index (χ2v) is 5.19. The lowest BCUT2D eigenvalue weighted by Crippen LogP contribution is -2.42. The van der Waals surface area contributed by atoms with Crippen LogP contribution in [0.15, 0.2) is 24.3 Å². The van der Waals surface area contributed by atoms with Gasteiger partial charge in [-0.25, -0.2) is 0 Å². The number of benzene rings is 1. The van der Waals surface area contributed by atoms with Crippen molar-refractivity contribution in [1.29, 1.82) is 0 Å². The first-order valence-electron chi connectivity index (χ1n) is 6.85. The molecule has 0 spiro atoms. The molecule has 1 aromatic carbocycles. The first-order valence-corrected chi connectivity index (χ1v) is 6.85. The number of piperidine rings is 1. The van der Waals surface area contributed by atoms with E-state index in [4.69, 9.17) is 4.74 Å². The van der Waals surface area contributed by atoms with Crippen molar-refractivity contribution in [1.82, 2.24) is 10.2 Å². The Morgan fingerprint density at radius 1 is 1.22 bits per heavy atom. The zero-order valence-electron chi connectivity index (χ0n) is 11.5. The van der Waals surface area contributed by atoms with Crippen LogP contribution in [0.4, 0.5) is 0 Å². The Hall–Kier alpha value is -1.06. The van der Waals surface area contributed by atoms with E-state index in [0.717, 1.165) is 18.9 Å². The van der Waals surface area contributed by atoms with Crippen LogP contribution in [0.5, 0.6) is 5.75 Å². The van der Waals surface area contributed by atoms with Crippen LogP contribution in [-0.2, 0) is 0 Å². The molecule has 3 heteroatoms. The van der Waals surface area contributed by atoms with Gasteiger partial charge in [0.25, 0.3) is 0 Å². The highest BCUT2D eigenvalue weighted by Crippen LogP contribution is 2.11. The summed E-state index contributed by atoms with van der Waals surface area (Å²) in [5, 5.41) is 3.57. The van der Waals surface area contributed by atoms with Crippen LogP contribution in [0.3, 0.4) is 0 Å². The first-order chi connectivity index (χ1) is 8.74. The van der Waals surface area contributed by atoms with E-state index < -0.39 is 0 Å². The second-order valence-electron chi connectivity index (χ2n) is 5.19.